The fraction of sp³-hybridized carbons (Fsp3) is 0.652. The zero-order chi connectivity index (χ0) is 24.1. The van der Waals surface area contributed by atoms with Gasteiger partial charge in [-0.2, -0.15) is 17.7 Å². The molecule has 0 aliphatic heterocycles. The van der Waals surface area contributed by atoms with E-state index in [0.29, 0.717) is 18.6 Å². The highest BCUT2D eigenvalue weighted by Gasteiger charge is 2.53. The zero-order valence-electron chi connectivity index (χ0n) is 19.4. The van der Waals surface area contributed by atoms with Crippen molar-refractivity contribution in [1.82, 2.24) is 10.4 Å². The van der Waals surface area contributed by atoms with Gasteiger partial charge >= 0.3 is 5.97 Å². The van der Waals surface area contributed by atoms with E-state index in [2.05, 4.69) is 17.9 Å². The number of benzene rings is 1. The van der Waals surface area contributed by atoms with E-state index in [1.807, 2.05) is 37.3 Å². The van der Waals surface area contributed by atoms with Gasteiger partial charge in [0.1, 0.15) is 0 Å². The smallest absolute Gasteiger partial charge is 0.347 e. The summed E-state index contributed by atoms with van der Waals surface area (Å²) in [5, 5.41) is 24.1. The van der Waals surface area contributed by atoms with Crippen LogP contribution in [-0.4, -0.2) is 64.4 Å². The van der Waals surface area contributed by atoms with Gasteiger partial charge in [0, 0.05) is 36.8 Å². The first-order valence-corrected chi connectivity index (χ1v) is 11.8. The Hall–Kier alpha value is -1.65. The Bertz CT molecular complexity index is 693. The predicted molar refractivity (Wildman–Crippen MR) is 128 cm³/mol. The van der Waals surface area contributed by atoms with E-state index in [1.54, 1.807) is 13.8 Å². The van der Waals surface area contributed by atoms with Gasteiger partial charge in [0.25, 0.3) is 5.91 Å². The Morgan fingerprint density at radius 1 is 1.25 bits per heavy atom. The number of nitrogens with one attached hydrogen (secondary N) is 1. The van der Waals surface area contributed by atoms with Crippen LogP contribution >= 0.6 is 12.6 Å². The summed E-state index contributed by atoms with van der Waals surface area (Å²) in [6.07, 6.45) is 2.93. The van der Waals surface area contributed by atoms with Gasteiger partial charge in [0.2, 0.25) is 5.66 Å². The highest BCUT2D eigenvalue weighted by Crippen LogP contribution is 2.27. The van der Waals surface area contributed by atoms with Crippen molar-refractivity contribution in [2.75, 3.05) is 25.5 Å². The number of nitrogens with zero attached hydrogens (tertiary/aromatic N) is 1. The molecule has 2 unspecified atom stereocenters. The van der Waals surface area contributed by atoms with E-state index >= 15 is 0 Å². The summed E-state index contributed by atoms with van der Waals surface area (Å²) in [5.41, 5.74) is 4.94. The van der Waals surface area contributed by atoms with Crippen molar-refractivity contribution in [2.45, 2.75) is 58.2 Å². The summed E-state index contributed by atoms with van der Waals surface area (Å²) in [6.45, 7) is 5.14. The number of carbonyl (C=O) groups excluding carboxylic acids is 1. The average molecular weight is 470 g/mol. The SMILES string of the molecule is CCCCCON(C(=O)C(C)Cc1ccccc1)[C@](NCC(N)CS)(C(=O)O)[C@H](C)CO. The van der Waals surface area contributed by atoms with Crippen molar-refractivity contribution in [3.05, 3.63) is 35.9 Å². The number of unbranched alkanes of at least 4 members (excludes halogenated alkanes) is 2. The summed E-state index contributed by atoms with van der Waals surface area (Å²) in [6, 6.07) is 9.07. The number of amides is 1. The molecule has 0 aromatic heterocycles. The molecule has 9 heteroatoms. The number of aliphatic hydroxyl groups excluding tert-OH is 1. The van der Waals surface area contributed by atoms with Crippen LogP contribution in [0.4, 0.5) is 0 Å². The van der Waals surface area contributed by atoms with Gasteiger partial charge in [0.15, 0.2) is 0 Å². The van der Waals surface area contributed by atoms with E-state index in [0.717, 1.165) is 23.5 Å². The Labute approximate surface area is 196 Å². The number of hydrogen-bond donors (Lipinski definition) is 5. The Kier molecular flexibility index (Phi) is 12.9. The van der Waals surface area contributed by atoms with Gasteiger partial charge in [-0.25, -0.2) is 4.79 Å². The lowest BCUT2D eigenvalue weighted by Crippen LogP contribution is -2.71. The summed E-state index contributed by atoms with van der Waals surface area (Å²) in [5.74, 6) is -2.88. The molecule has 1 rings (SSSR count). The Balaban J connectivity index is 3.32. The molecule has 182 valence electrons. The first kappa shape index (κ1) is 28.4. The highest BCUT2D eigenvalue weighted by atomic mass is 32.1. The molecule has 0 fully saturated rings. The normalized spacial score (nSPS) is 16.1. The molecule has 0 spiro atoms. The number of carboxylic acids is 1. The molecule has 0 saturated carbocycles. The first-order chi connectivity index (χ1) is 15.2. The van der Waals surface area contributed by atoms with Crippen LogP contribution in [-0.2, 0) is 20.8 Å². The molecular formula is C23H39N3O5S. The minimum absolute atomic E-state index is 0.0787. The second-order valence-electron chi connectivity index (χ2n) is 8.24. The van der Waals surface area contributed by atoms with Gasteiger partial charge in [0.05, 0.1) is 6.61 Å². The highest BCUT2D eigenvalue weighted by molar-refractivity contribution is 7.80. The number of thiol groups is 1. The number of aliphatic hydroxyl groups is 1. The van der Waals surface area contributed by atoms with Gasteiger partial charge in [-0.05, 0) is 18.4 Å². The maximum absolute atomic E-state index is 13.6. The molecule has 0 saturated heterocycles. The average Bonchev–Trinajstić information content (AvgIpc) is 2.79. The van der Waals surface area contributed by atoms with Crippen molar-refractivity contribution in [3.63, 3.8) is 0 Å². The number of rotatable bonds is 16. The largest absolute Gasteiger partial charge is 0.478 e. The maximum atomic E-state index is 13.6. The van der Waals surface area contributed by atoms with Crippen LogP contribution in [0.2, 0.25) is 0 Å². The molecule has 5 N–H and O–H groups in total. The summed E-state index contributed by atoms with van der Waals surface area (Å²) in [4.78, 5) is 32.0. The lowest BCUT2D eigenvalue weighted by atomic mass is 9.91. The van der Waals surface area contributed by atoms with E-state index in [-0.39, 0.29) is 13.2 Å². The molecule has 1 aromatic carbocycles. The quantitative estimate of drug-likeness (QED) is 0.109. The zero-order valence-corrected chi connectivity index (χ0v) is 20.3. The first-order valence-electron chi connectivity index (χ1n) is 11.2. The molecular weight excluding hydrogens is 430 g/mol. The van der Waals surface area contributed by atoms with Crippen molar-refractivity contribution in [3.8, 4) is 0 Å². The molecule has 0 heterocycles. The monoisotopic (exact) mass is 469 g/mol. The second-order valence-corrected chi connectivity index (χ2v) is 8.61. The standard InChI is InChI=1S/C23H39N3O5S/c1-4-5-9-12-31-26(21(28)17(2)13-19-10-7-6-8-11-19)23(22(29)30,18(3)15-27)25-14-20(24)16-32/h6-8,10-11,17-18,20,25,27,32H,4-5,9,12-16,24H2,1-3H3,(H,29,30)/t17?,18-,20?,23+/m1/s1. The van der Waals surface area contributed by atoms with Crippen molar-refractivity contribution in [2.24, 2.45) is 17.6 Å². The summed E-state index contributed by atoms with van der Waals surface area (Å²) in [7, 11) is 0. The molecule has 1 amide bonds. The van der Waals surface area contributed by atoms with Crippen LogP contribution in [0, 0.1) is 11.8 Å². The number of carboxylic acid groups (broad SMARTS) is 1. The maximum Gasteiger partial charge on any atom is 0.347 e. The number of carbonyl (C=O) groups is 2. The lowest BCUT2D eigenvalue weighted by molar-refractivity contribution is -0.248. The van der Waals surface area contributed by atoms with E-state index in [4.69, 9.17) is 10.6 Å². The number of hydroxylamine groups is 2. The third kappa shape index (κ3) is 7.74. The number of aliphatic carboxylic acids is 1. The van der Waals surface area contributed by atoms with Gasteiger partial charge in [-0.1, -0.05) is 63.9 Å². The number of hydrogen-bond acceptors (Lipinski definition) is 7. The topological polar surface area (TPSA) is 125 Å². The Morgan fingerprint density at radius 3 is 2.44 bits per heavy atom. The van der Waals surface area contributed by atoms with Gasteiger partial charge in [-0.15, -0.1) is 0 Å². The van der Waals surface area contributed by atoms with E-state index in [9.17, 15) is 19.8 Å². The lowest BCUT2D eigenvalue weighted by Gasteiger charge is -2.44. The van der Waals surface area contributed by atoms with Crippen LogP contribution in [0.15, 0.2) is 30.3 Å². The third-order valence-corrected chi connectivity index (χ3v) is 5.95. The molecule has 0 radical (unpaired) electrons. The fourth-order valence-electron chi connectivity index (χ4n) is 3.41. The molecule has 0 aliphatic rings. The third-order valence-electron chi connectivity index (χ3n) is 5.48. The Morgan fingerprint density at radius 2 is 1.91 bits per heavy atom. The minimum Gasteiger partial charge on any atom is -0.478 e. The van der Waals surface area contributed by atoms with Crippen LogP contribution in [0.1, 0.15) is 45.6 Å². The summed E-state index contributed by atoms with van der Waals surface area (Å²) >= 11 is 4.16. The van der Waals surface area contributed by atoms with Gasteiger partial charge in [-0.3, -0.25) is 14.9 Å². The van der Waals surface area contributed by atoms with Crippen LogP contribution in [0.25, 0.3) is 0 Å². The predicted octanol–water partition coefficient (Wildman–Crippen LogP) is 2.07. The van der Waals surface area contributed by atoms with Crippen LogP contribution in [0.5, 0.6) is 0 Å². The van der Waals surface area contributed by atoms with Crippen molar-refractivity contribution in [1.29, 1.82) is 0 Å². The minimum atomic E-state index is -1.98. The molecule has 4 atom stereocenters. The molecule has 8 nitrogen and oxygen atoms in total. The molecule has 0 aliphatic carbocycles. The molecule has 0 bridgehead atoms. The molecule has 1 aromatic rings. The molecule has 32 heavy (non-hydrogen) atoms. The summed E-state index contributed by atoms with van der Waals surface area (Å²) < 4.78 is 0. The van der Waals surface area contributed by atoms with Crippen molar-refractivity contribution < 1.29 is 24.6 Å². The van der Waals surface area contributed by atoms with E-state index < -0.39 is 42.0 Å². The van der Waals surface area contributed by atoms with Crippen LogP contribution in [0.3, 0.4) is 0 Å². The van der Waals surface area contributed by atoms with E-state index in [1.165, 1.54) is 0 Å². The fourth-order valence-corrected chi connectivity index (χ4v) is 3.53. The second kappa shape index (κ2) is 14.5. The van der Waals surface area contributed by atoms with Crippen molar-refractivity contribution >= 4 is 24.5 Å². The number of nitrogens with two attached hydrogens (primary N) is 1. The van der Waals surface area contributed by atoms with Gasteiger partial charge < -0.3 is 15.9 Å². The van der Waals surface area contributed by atoms with Crippen LogP contribution < -0.4 is 11.1 Å².